The lowest BCUT2D eigenvalue weighted by Gasteiger charge is -2.10. The Labute approximate surface area is 108 Å². The zero-order valence-corrected chi connectivity index (χ0v) is 11.3. The van der Waals surface area contributed by atoms with Crippen molar-refractivity contribution in [3.8, 4) is 0 Å². The molecule has 18 heavy (non-hydrogen) atoms. The van der Waals surface area contributed by atoms with Gasteiger partial charge in [-0.05, 0) is 13.8 Å². The number of benzene rings is 1. The quantitative estimate of drug-likeness (QED) is 0.775. The second kappa shape index (κ2) is 9.22. The van der Waals surface area contributed by atoms with E-state index in [1.54, 1.807) is 6.92 Å². The molecule has 0 saturated carbocycles. The van der Waals surface area contributed by atoms with Crippen molar-refractivity contribution in [1.29, 1.82) is 0 Å². The largest absolute Gasteiger partial charge is 0.462 e. The topological polar surface area (TPSA) is 52.6 Å². The van der Waals surface area contributed by atoms with Crippen molar-refractivity contribution >= 4 is 11.9 Å². The second-order valence-corrected chi connectivity index (χ2v) is 3.88. The minimum atomic E-state index is -0.371. The highest BCUT2D eigenvalue weighted by atomic mass is 16.6. The van der Waals surface area contributed by atoms with E-state index in [0.29, 0.717) is 0 Å². The van der Waals surface area contributed by atoms with E-state index in [9.17, 15) is 9.59 Å². The molecule has 1 rings (SSSR count). The summed E-state index contributed by atoms with van der Waals surface area (Å²) in [5.74, 6) is -0.742. The van der Waals surface area contributed by atoms with Crippen LogP contribution >= 0.6 is 0 Å². The van der Waals surface area contributed by atoms with Crippen molar-refractivity contribution in [2.75, 3.05) is 6.61 Å². The number of ether oxygens (including phenoxy) is 2. The zero-order valence-electron chi connectivity index (χ0n) is 11.3. The molecule has 0 spiro atoms. The fourth-order valence-corrected chi connectivity index (χ4v) is 1.09. The Balaban J connectivity index is 0.000000351. The van der Waals surface area contributed by atoms with Crippen LogP contribution in [0.1, 0.15) is 26.3 Å². The third-order valence-electron chi connectivity index (χ3n) is 1.83. The van der Waals surface area contributed by atoms with Crippen LogP contribution in [-0.2, 0) is 19.1 Å². The third kappa shape index (κ3) is 10.7. The van der Waals surface area contributed by atoms with Crippen molar-refractivity contribution in [1.82, 2.24) is 0 Å². The molecule has 0 saturated heterocycles. The molecule has 0 amide bonds. The van der Waals surface area contributed by atoms with Crippen LogP contribution in [0.3, 0.4) is 0 Å². The third-order valence-corrected chi connectivity index (χ3v) is 1.83. The molecule has 0 aromatic heterocycles. The maximum Gasteiger partial charge on any atom is 0.303 e. The minimum Gasteiger partial charge on any atom is -0.462 e. The summed E-state index contributed by atoms with van der Waals surface area (Å²) in [6.07, 6.45) is -0.364. The number of hydrogen-bond donors (Lipinski definition) is 0. The molecule has 4 heteroatoms. The van der Waals surface area contributed by atoms with Gasteiger partial charge >= 0.3 is 11.9 Å². The van der Waals surface area contributed by atoms with E-state index in [2.05, 4.69) is 28.5 Å². The maximum atomic E-state index is 10.3. The van der Waals surface area contributed by atoms with Gasteiger partial charge in [0.25, 0.3) is 0 Å². The SMILES string of the molecule is CC(=O)OCC(C)OC(C)=O.Cc1ccccc1. The summed E-state index contributed by atoms with van der Waals surface area (Å²) < 4.78 is 9.27. The number of hydrogen-bond acceptors (Lipinski definition) is 4. The van der Waals surface area contributed by atoms with E-state index in [4.69, 9.17) is 0 Å². The van der Waals surface area contributed by atoms with Crippen LogP contribution < -0.4 is 0 Å². The molecule has 0 aliphatic carbocycles. The lowest BCUT2D eigenvalue weighted by atomic mass is 10.2. The predicted octanol–water partition coefficient (Wildman–Crippen LogP) is 2.50. The number of carbonyl (C=O) groups is 2. The molecule has 1 unspecified atom stereocenters. The molecule has 1 aromatic carbocycles. The van der Waals surface area contributed by atoms with Crippen LogP contribution in [-0.4, -0.2) is 24.6 Å². The Hall–Kier alpha value is -1.84. The van der Waals surface area contributed by atoms with Gasteiger partial charge in [-0.3, -0.25) is 9.59 Å². The molecular weight excluding hydrogens is 232 g/mol. The molecule has 1 atom stereocenters. The van der Waals surface area contributed by atoms with Gasteiger partial charge in [0, 0.05) is 13.8 Å². The Morgan fingerprint density at radius 2 is 1.67 bits per heavy atom. The summed E-state index contributed by atoms with van der Waals surface area (Å²) in [5, 5.41) is 0. The van der Waals surface area contributed by atoms with Gasteiger partial charge in [-0.2, -0.15) is 0 Å². The van der Waals surface area contributed by atoms with Gasteiger partial charge in [-0.1, -0.05) is 35.9 Å². The van der Waals surface area contributed by atoms with Crippen LogP contribution in [0.4, 0.5) is 0 Å². The van der Waals surface area contributed by atoms with Gasteiger partial charge in [0.15, 0.2) is 0 Å². The molecule has 0 radical (unpaired) electrons. The van der Waals surface area contributed by atoms with Gasteiger partial charge < -0.3 is 9.47 Å². The maximum absolute atomic E-state index is 10.3. The Bertz CT molecular complexity index is 359. The first kappa shape index (κ1) is 16.2. The summed E-state index contributed by atoms with van der Waals surface area (Å²) >= 11 is 0. The zero-order chi connectivity index (χ0) is 14.0. The molecule has 0 fully saturated rings. The Kier molecular flexibility index (Phi) is 8.27. The summed E-state index contributed by atoms with van der Waals surface area (Å²) in [4.78, 5) is 20.6. The first-order valence-electron chi connectivity index (χ1n) is 5.74. The van der Waals surface area contributed by atoms with E-state index >= 15 is 0 Å². The fraction of sp³-hybridized carbons (Fsp3) is 0.429. The molecule has 4 nitrogen and oxygen atoms in total. The number of carbonyl (C=O) groups excluding carboxylic acids is 2. The standard InChI is InChI=1S/C7H12O4.C7H8/c1-5(11-7(3)9)4-10-6(2)8;1-7-5-3-2-4-6-7/h5H,4H2,1-3H3;2-6H,1H3. The summed E-state index contributed by atoms with van der Waals surface area (Å²) in [6.45, 7) is 6.48. The fourth-order valence-electron chi connectivity index (χ4n) is 1.09. The number of aryl methyl sites for hydroxylation is 1. The highest BCUT2D eigenvalue weighted by Crippen LogP contribution is 1.92. The lowest BCUT2D eigenvalue weighted by Crippen LogP contribution is -2.19. The normalized spacial score (nSPS) is 10.7. The molecule has 0 bridgehead atoms. The second-order valence-electron chi connectivity index (χ2n) is 3.88. The first-order valence-corrected chi connectivity index (χ1v) is 5.74. The van der Waals surface area contributed by atoms with Crippen molar-refractivity contribution < 1.29 is 19.1 Å². The van der Waals surface area contributed by atoms with Crippen LogP contribution in [0.5, 0.6) is 0 Å². The molecular formula is C14H20O4. The predicted molar refractivity (Wildman–Crippen MR) is 69.0 cm³/mol. The van der Waals surface area contributed by atoms with E-state index < -0.39 is 0 Å². The monoisotopic (exact) mass is 252 g/mol. The van der Waals surface area contributed by atoms with Crippen LogP contribution in [0.2, 0.25) is 0 Å². The van der Waals surface area contributed by atoms with Gasteiger partial charge in [0.2, 0.25) is 0 Å². The van der Waals surface area contributed by atoms with Gasteiger partial charge in [-0.25, -0.2) is 0 Å². The molecule has 0 N–H and O–H groups in total. The van der Waals surface area contributed by atoms with Gasteiger partial charge in [-0.15, -0.1) is 0 Å². The van der Waals surface area contributed by atoms with Gasteiger partial charge in [0.05, 0.1) is 0 Å². The number of rotatable bonds is 3. The van der Waals surface area contributed by atoms with Crippen molar-refractivity contribution in [3.05, 3.63) is 35.9 Å². The minimum absolute atomic E-state index is 0.120. The molecule has 100 valence electrons. The van der Waals surface area contributed by atoms with Crippen molar-refractivity contribution in [2.45, 2.75) is 33.8 Å². The number of esters is 2. The van der Waals surface area contributed by atoms with E-state index in [-0.39, 0.29) is 24.6 Å². The van der Waals surface area contributed by atoms with Crippen LogP contribution in [0, 0.1) is 6.92 Å². The summed E-state index contributed by atoms with van der Waals surface area (Å²) in [7, 11) is 0. The molecule has 0 aliphatic rings. The molecule has 0 heterocycles. The van der Waals surface area contributed by atoms with E-state index in [1.165, 1.54) is 19.4 Å². The highest BCUT2D eigenvalue weighted by molar-refractivity contribution is 5.67. The first-order chi connectivity index (χ1) is 8.41. The Morgan fingerprint density at radius 1 is 1.11 bits per heavy atom. The van der Waals surface area contributed by atoms with Crippen molar-refractivity contribution in [3.63, 3.8) is 0 Å². The highest BCUT2D eigenvalue weighted by Gasteiger charge is 2.06. The molecule has 0 aliphatic heterocycles. The average molecular weight is 252 g/mol. The summed E-state index contributed by atoms with van der Waals surface area (Å²) in [5.41, 5.74) is 1.32. The average Bonchev–Trinajstić information content (AvgIpc) is 2.27. The van der Waals surface area contributed by atoms with Crippen molar-refractivity contribution in [2.24, 2.45) is 0 Å². The summed E-state index contributed by atoms with van der Waals surface area (Å²) in [6, 6.07) is 10.3. The molecule has 1 aromatic rings. The van der Waals surface area contributed by atoms with Crippen LogP contribution in [0.15, 0.2) is 30.3 Å². The smallest absolute Gasteiger partial charge is 0.303 e. The van der Waals surface area contributed by atoms with E-state index in [1.807, 2.05) is 18.2 Å². The van der Waals surface area contributed by atoms with E-state index in [0.717, 1.165) is 0 Å². The Morgan fingerprint density at radius 3 is 2.00 bits per heavy atom. The van der Waals surface area contributed by atoms with Crippen LogP contribution in [0.25, 0.3) is 0 Å². The van der Waals surface area contributed by atoms with Gasteiger partial charge in [0.1, 0.15) is 12.7 Å². The lowest BCUT2D eigenvalue weighted by molar-refractivity contribution is -0.155.